The predicted octanol–water partition coefficient (Wildman–Crippen LogP) is 4.28. The van der Waals surface area contributed by atoms with Crippen molar-refractivity contribution in [3.8, 4) is 11.4 Å². The molecule has 3 rings (SSSR count). The number of carbonyl (C=O) groups is 1. The summed E-state index contributed by atoms with van der Waals surface area (Å²) in [6.07, 6.45) is 1.38. The predicted molar refractivity (Wildman–Crippen MR) is 89.8 cm³/mol. The molecule has 2 aromatic carbocycles. The summed E-state index contributed by atoms with van der Waals surface area (Å²) in [4.78, 5) is 19.6. The largest absolute Gasteiger partial charge is 0.338 e. The van der Waals surface area contributed by atoms with E-state index < -0.39 is 0 Å². The number of aryl methyl sites for hydroxylation is 1. The van der Waals surface area contributed by atoms with Gasteiger partial charge in [-0.2, -0.15) is 0 Å². The summed E-state index contributed by atoms with van der Waals surface area (Å²) in [5.41, 5.74) is 4.89. The van der Waals surface area contributed by atoms with Crippen LogP contribution in [-0.2, 0) is 4.79 Å². The van der Waals surface area contributed by atoms with Crippen molar-refractivity contribution in [2.24, 2.45) is 0 Å². The number of carbonyl (C=O) groups excluding carboxylic acids is 1. The Bertz CT molecular complexity index is 803. The van der Waals surface area contributed by atoms with Gasteiger partial charge in [-0.3, -0.25) is 4.79 Å². The van der Waals surface area contributed by atoms with Crippen LogP contribution in [0.3, 0.4) is 0 Å². The van der Waals surface area contributed by atoms with Crippen LogP contribution in [0.15, 0.2) is 42.5 Å². The molecule has 1 heterocycles. The van der Waals surface area contributed by atoms with Gasteiger partial charge in [0.2, 0.25) is 5.91 Å². The Morgan fingerprint density at radius 3 is 2.68 bits per heavy atom. The molecule has 0 spiro atoms. The number of anilines is 1. The molecule has 4 heteroatoms. The molecule has 1 amide bonds. The molecule has 0 bridgehead atoms. The minimum atomic E-state index is 0.0418. The summed E-state index contributed by atoms with van der Waals surface area (Å²) >= 11 is 0. The maximum Gasteiger partial charge on any atom is 0.224 e. The van der Waals surface area contributed by atoms with Crippen molar-refractivity contribution in [1.82, 2.24) is 9.97 Å². The maximum absolute atomic E-state index is 11.7. The minimum Gasteiger partial charge on any atom is -0.338 e. The topological polar surface area (TPSA) is 57.8 Å². The Hall–Kier alpha value is -2.62. The third kappa shape index (κ3) is 3.01. The second-order valence-corrected chi connectivity index (χ2v) is 5.48. The molecule has 2 N–H and O–H groups in total. The lowest BCUT2D eigenvalue weighted by atomic mass is 10.1. The standard InChI is InChI=1S/C18H19N3O/c1-3-4-17(22)19-14-9-10-15-16(11-14)21-18(20-15)13-7-5-12(2)6-8-13/h5-11H,3-4H2,1-2H3,(H,19,22)(H,20,21). The lowest BCUT2D eigenvalue weighted by Gasteiger charge is -2.03. The molecule has 0 radical (unpaired) electrons. The fourth-order valence-electron chi connectivity index (χ4n) is 2.39. The molecule has 0 aliphatic heterocycles. The molecule has 0 aliphatic carbocycles. The lowest BCUT2D eigenvalue weighted by Crippen LogP contribution is -2.10. The van der Waals surface area contributed by atoms with Crippen molar-refractivity contribution in [1.29, 1.82) is 0 Å². The summed E-state index contributed by atoms with van der Waals surface area (Å²) in [5, 5.41) is 2.90. The number of imidazole rings is 1. The van der Waals surface area contributed by atoms with Crippen molar-refractivity contribution >= 4 is 22.6 Å². The van der Waals surface area contributed by atoms with Gasteiger partial charge in [-0.15, -0.1) is 0 Å². The van der Waals surface area contributed by atoms with Crippen LogP contribution < -0.4 is 5.32 Å². The van der Waals surface area contributed by atoms with Gasteiger partial charge in [0.25, 0.3) is 0 Å². The first-order chi connectivity index (χ1) is 10.7. The Labute approximate surface area is 129 Å². The molecule has 112 valence electrons. The van der Waals surface area contributed by atoms with Gasteiger partial charge in [0, 0.05) is 17.7 Å². The molecule has 0 aliphatic rings. The Balaban J connectivity index is 1.90. The highest BCUT2D eigenvalue weighted by Crippen LogP contribution is 2.23. The zero-order chi connectivity index (χ0) is 15.5. The molecule has 3 aromatic rings. The van der Waals surface area contributed by atoms with Gasteiger partial charge in [-0.05, 0) is 31.5 Å². The molecule has 0 saturated heterocycles. The SMILES string of the molecule is CCCC(=O)Nc1ccc2nc(-c3ccc(C)cc3)[nH]c2c1. The third-order valence-corrected chi connectivity index (χ3v) is 3.57. The molecule has 0 saturated carbocycles. The van der Waals surface area contributed by atoms with Crippen LogP contribution in [0.25, 0.3) is 22.4 Å². The van der Waals surface area contributed by atoms with Crippen LogP contribution >= 0.6 is 0 Å². The average molecular weight is 293 g/mol. The Kier molecular flexibility index (Phi) is 3.92. The molecular weight excluding hydrogens is 274 g/mol. The van der Waals surface area contributed by atoms with Crippen LogP contribution in [0.1, 0.15) is 25.3 Å². The fraction of sp³-hybridized carbons (Fsp3) is 0.222. The van der Waals surface area contributed by atoms with Crippen molar-refractivity contribution in [3.63, 3.8) is 0 Å². The van der Waals surface area contributed by atoms with Crippen LogP contribution in [0.2, 0.25) is 0 Å². The van der Waals surface area contributed by atoms with Crippen molar-refractivity contribution in [3.05, 3.63) is 48.0 Å². The molecule has 4 nitrogen and oxygen atoms in total. The normalized spacial score (nSPS) is 10.8. The number of H-pyrrole nitrogens is 1. The van der Waals surface area contributed by atoms with E-state index in [4.69, 9.17) is 0 Å². The van der Waals surface area contributed by atoms with Crippen molar-refractivity contribution < 1.29 is 4.79 Å². The van der Waals surface area contributed by atoms with E-state index in [-0.39, 0.29) is 5.91 Å². The lowest BCUT2D eigenvalue weighted by molar-refractivity contribution is -0.116. The van der Waals surface area contributed by atoms with Gasteiger partial charge in [0.15, 0.2) is 0 Å². The van der Waals surface area contributed by atoms with E-state index in [0.717, 1.165) is 34.5 Å². The highest BCUT2D eigenvalue weighted by Gasteiger charge is 2.07. The number of hydrogen-bond donors (Lipinski definition) is 2. The first-order valence-corrected chi connectivity index (χ1v) is 7.52. The number of aromatic nitrogens is 2. The molecule has 0 fully saturated rings. The van der Waals surface area contributed by atoms with Gasteiger partial charge in [0.05, 0.1) is 11.0 Å². The van der Waals surface area contributed by atoms with Crippen LogP contribution in [0, 0.1) is 6.92 Å². The number of aromatic amines is 1. The summed E-state index contributed by atoms with van der Waals surface area (Å²) < 4.78 is 0. The third-order valence-electron chi connectivity index (χ3n) is 3.57. The summed E-state index contributed by atoms with van der Waals surface area (Å²) in [7, 11) is 0. The monoisotopic (exact) mass is 293 g/mol. The van der Waals surface area contributed by atoms with E-state index in [1.165, 1.54) is 5.56 Å². The van der Waals surface area contributed by atoms with E-state index in [0.29, 0.717) is 6.42 Å². The molecule has 0 unspecified atom stereocenters. The number of benzene rings is 2. The summed E-state index contributed by atoms with van der Waals surface area (Å²) in [6.45, 7) is 4.05. The van der Waals surface area contributed by atoms with Gasteiger partial charge < -0.3 is 10.3 Å². The first-order valence-electron chi connectivity index (χ1n) is 7.52. The van der Waals surface area contributed by atoms with Crippen LogP contribution in [0.4, 0.5) is 5.69 Å². The molecule has 1 aromatic heterocycles. The number of nitrogens with one attached hydrogen (secondary N) is 2. The number of hydrogen-bond acceptors (Lipinski definition) is 2. The fourth-order valence-corrected chi connectivity index (χ4v) is 2.39. The van der Waals surface area contributed by atoms with E-state index in [1.807, 2.05) is 25.1 Å². The van der Waals surface area contributed by atoms with Crippen LogP contribution in [0.5, 0.6) is 0 Å². The van der Waals surface area contributed by atoms with E-state index >= 15 is 0 Å². The number of amides is 1. The van der Waals surface area contributed by atoms with Gasteiger partial charge in [0.1, 0.15) is 5.82 Å². The molecular formula is C18H19N3O. The van der Waals surface area contributed by atoms with E-state index in [9.17, 15) is 4.79 Å². The zero-order valence-electron chi connectivity index (χ0n) is 12.8. The summed E-state index contributed by atoms with van der Waals surface area (Å²) in [5.74, 6) is 0.882. The first kappa shape index (κ1) is 14.3. The second-order valence-electron chi connectivity index (χ2n) is 5.48. The maximum atomic E-state index is 11.7. The van der Waals surface area contributed by atoms with Crippen molar-refractivity contribution in [2.45, 2.75) is 26.7 Å². The van der Waals surface area contributed by atoms with E-state index in [1.54, 1.807) is 0 Å². The van der Waals surface area contributed by atoms with Gasteiger partial charge in [-0.1, -0.05) is 36.8 Å². The summed E-state index contributed by atoms with van der Waals surface area (Å²) in [6, 6.07) is 14.0. The Morgan fingerprint density at radius 2 is 1.95 bits per heavy atom. The van der Waals surface area contributed by atoms with E-state index in [2.05, 4.69) is 46.5 Å². The number of rotatable bonds is 4. The molecule has 22 heavy (non-hydrogen) atoms. The Morgan fingerprint density at radius 1 is 1.18 bits per heavy atom. The smallest absolute Gasteiger partial charge is 0.224 e. The molecule has 0 atom stereocenters. The average Bonchev–Trinajstić information content (AvgIpc) is 2.91. The highest BCUT2D eigenvalue weighted by molar-refractivity contribution is 5.93. The zero-order valence-corrected chi connectivity index (χ0v) is 12.8. The van der Waals surface area contributed by atoms with Crippen molar-refractivity contribution in [2.75, 3.05) is 5.32 Å². The van der Waals surface area contributed by atoms with Gasteiger partial charge in [-0.25, -0.2) is 4.98 Å². The van der Waals surface area contributed by atoms with Gasteiger partial charge >= 0.3 is 0 Å². The highest BCUT2D eigenvalue weighted by atomic mass is 16.1. The number of fused-ring (bicyclic) bond motifs is 1. The number of nitrogens with zero attached hydrogens (tertiary/aromatic N) is 1. The minimum absolute atomic E-state index is 0.0418. The quantitative estimate of drug-likeness (QED) is 0.754. The van der Waals surface area contributed by atoms with Crippen LogP contribution in [-0.4, -0.2) is 15.9 Å². The second kappa shape index (κ2) is 6.02.